The number of hydrogen-bond donors (Lipinski definition) is 0. The van der Waals surface area contributed by atoms with E-state index >= 15 is 0 Å². The Balaban J connectivity index is 2.51. The van der Waals surface area contributed by atoms with Gasteiger partial charge in [-0.25, -0.2) is 8.42 Å². The molecular weight excluding hydrogens is 264 g/mol. The summed E-state index contributed by atoms with van der Waals surface area (Å²) in [6.07, 6.45) is 1.63. The minimum Gasteiger partial charge on any atom is -0.223 e. The molecule has 1 aromatic rings. The zero-order chi connectivity index (χ0) is 10.3. The summed E-state index contributed by atoms with van der Waals surface area (Å²) in [4.78, 5) is 0.489. The molecule has 0 bridgehead atoms. The molecule has 1 saturated carbocycles. The minimum atomic E-state index is -3.03. The van der Waals surface area contributed by atoms with Crippen molar-refractivity contribution in [2.75, 3.05) is 0 Å². The van der Waals surface area contributed by atoms with E-state index in [2.05, 4.69) is 15.9 Å². The molecule has 1 aliphatic carbocycles. The van der Waals surface area contributed by atoms with E-state index in [1.54, 1.807) is 12.1 Å². The Labute approximate surface area is 92.4 Å². The second kappa shape index (κ2) is 3.35. The fourth-order valence-electron chi connectivity index (χ4n) is 1.49. The van der Waals surface area contributed by atoms with Gasteiger partial charge in [-0.2, -0.15) is 0 Å². The molecule has 0 aromatic heterocycles. The van der Waals surface area contributed by atoms with E-state index in [0.29, 0.717) is 4.90 Å². The largest absolute Gasteiger partial charge is 0.223 e. The third kappa shape index (κ3) is 1.73. The van der Waals surface area contributed by atoms with Gasteiger partial charge in [-0.15, -0.1) is 0 Å². The molecule has 2 rings (SSSR count). The first-order chi connectivity index (χ1) is 6.51. The Morgan fingerprint density at radius 2 is 2.00 bits per heavy atom. The van der Waals surface area contributed by atoms with Gasteiger partial charge in [0, 0.05) is 4.47 Å². The number of rotatable bonds is 2. The lowest BCUT2D eigenvalue weighted by Gasteiger charge is -2.06. The van der Waals surface area contributed by atoms with E-state index < -0.39 is 9.84 Å². The summed E-state index contributed by atoms with van der Waals surface area (Å²) < 4.78 is 24.7. The lowest BCUT2D eigenvalue weighted by Crippen LogP contribution is -2.08. The summed E-state index contributed by atoms with van der Waals surface area (Å²) in [5.74, 6) is 0. The number of hydrogen-bond acceptors (Lipinski definition) is 2. The molecular formula is C10H11BrO2S. The minimum absolute atomic E-state index is 0.123. The van der Waals surface area contributed by atoms with Crippen LogP contribution in [0.4, 0.5) is 0 Å². The lowest BCUT2D eigenvalue weighted by atomic mass is 10.2. The van der Waals surface area contributed by atoms with Gasteiger partial charge in [0.1, 0.15) is 0 Å². The van der Waals surface area contributed by atoms with E-state index in [1.807, 2.05) is 13.0 Å². The summed E-state index contributed by atoms with van der Waals surface area (Å²) in [7, 11) is -3.03. The third-order valence-electron chi connectivity index (χ3n) is 2.41. The zero-order valence-electron chi connectivity index (χ0n) is 7.83. The van der Waals surface area contributed by atoms with Gasteiger partial charge in [0.15, 0.2) is 9.84 Å². The monoisotopic (exact) mass is 274 g/mol. The average molecular weight is 275 g/mol. The van der Waals surface area contributed by atoms with Crippen molar-refractivity contribution in [2.45, 2.75) is 29.9 Å². The van der Waals surface area contributed by atoms with Crippen molar-refractivity contribution >= 4 is 25.8 Å². The topological polar surface area (TPSA) is 34.1 Å². The molecule has 1 aromatic carbocycles. The summed E-state index contributed by atoms with van der Waals surface area (Å²) in [6.45, 7) is 1.83. The highest BCUT2D eigenvalue weighted by molar-refractivity contribution is 9.10. The number of aryl methyl sites for hydroxylation is 1. The predicted octanol–water partition coefficient (Wildman–Crippen LogP) is 2.69. The fourth-order valence-corrected chi connectivity index (χ4v) is 3.85. The summed E-state index contributed by atoms with van der Waals surface area (Å²) >= 11 is 3.32. The number of sulfone groups is 1. The van der Waals surface area contributed by atoms with Crippen molar-refractivity contribution in [1.82, 2.24) is 0 Å². The standard InChI is InChI=1S/C10H11BrO2S/c1-7-6-8(11)2-5-10(7)14(12,13)9-3-4-9/h2,5-6,9H,3-4H2,1H3. The van der Waals surface area contributed by atoms with Crippen molar-refractivity contribution < 1.29 is 8.42 Å². The molecule has 14 heavy (non-hydrogen) atoms. The van der Waals surface area contributed by atoms with Gasteiger partial charge in [0.05, 0.1) is 10.1 Å². The molecule has 4 heteroatoms. The van der Waals surface area contributed by atoms with Crippen LogP contribution >= 0.6 is 15.9 Å². The Morgan fingerprint density at radius 3 is 2.50 bits per heavy atom. The summed E-state index contributed by atoms with van der Waals surface area (Å²) in [6, 6.07) is 5.31. The van der Waals surface area contributed by atoms with Crippen molar-refractivity contribution in [2.24, 2.45) is 0 Å². The summed E-state index contributed by atoms with van der Waals surface area (Å²) in [5.41, 5.74) is 0.825. The Kier molecular flexibility index (Phi) is 2.43. The van der Waals surface area contributed by atoms with Crippen molar-refractivity contribution in [1.29, 1.82) is 0 Å². The van der Waals surface area contributed by atoms with Crippen LogP contribution in [0.25, 0.3) is 0 Å². The molecule has 0 aliphatic heterocycles. The first kappa shape index (κ1) is 10.2. The van der Waals surface area contributed by atoms with Crippen LogP contribution in [-0.4, -0.2) is 13.7 Å². The first-order valence-corrected chi connectivity index (χ1v) is 6.86. The predicted molar refractivity (Wildman–Crippen MR) is 59.1 cm³/mol. The third-order valence-corrected chi connectivity index (χ3v) is 5.32. The van der Waals surface area contributed by atoms with Crippen molar-refractivity contribution in [3.63, 3.8) is 0 Å². The molecule has 0 saturated heterocycles. The van der Waals surface area contributed by atoms with E-state index in [1.165, 1.54) is 0 Å². The quantitative estimate of drug-likeness (QED) is 0.831. The smallest absolute Gasteiger partial charge is 0.181 e. The van der Waals surface area contributed by atoms with Crippen LogP contribution in [0.3, 0.4) is 0 Å². The van der Waals surface area contributed by atoms with Crippen LogP contribution in [0.1, 0.15) is 18.4 Å². The molecule has 0 heterocycles. The van der Waals surface area contributed by atoms with Gasteiger partial charge in [0.25, 0.3) is 0 Å². The molecule has 1 aliphatic rings. The van der Waals surface area contributed by atoms with E-state index in [-0.39, 0.29) is 5.25 Å². The van der Waals surface area contributed by atoms with Crippen molar-refractivity contribution in [3.05, 3.63) is 28.2 Å². The Bertz CT molecular complexity index is 461. The van der Waals surface area contributed by atoms with Gasteiger partial charge in [0.2, 0.25) is 0 Å². The van der Waals surface area contributed by atoms with Gasteiger partial charge >= 0.3 is 0 Å². The summed E-state index contributed by atoms with van der Waals surface area (Å²) in [5, 5.41) is -0.123. The molecule has 0 spiro atoms. The van der Waals surface area contributed by atoms with Crippen LogP contribution in [0.5, 0.6) is 0 Å². The SMILES string of the molecule is Cc1cc(Br)ccc1S(=O)(=O)C1CC1. The first-order valence-electron chi connectivity index (χ1n) is 4.52. The maximum atomic E-state index is 11.9. The maximum Gasteiger partial charge on any atom is 0.181 e. The number of halogens is 1. The van der Waals surface area contributed by atoms with E-state index in [9.17, 15) is 8.42 Å². The van der Waals surface area contributed by atoms with Gasteiger partial charge in [-0.05, 0) is 43.5 Å². The Hall–Kier alpha value is -0.350. The second-order valence-electron chi connectivity index (χ2n) is 3.65. The van der Waals surface area contributed by atoms with Gasteiger partial charge < -0.3 is 0 Å². The van der Waals surface area contributed by atoms with Crippen LogP contribution in [0, 0.1) is 6.92 Å². The highest BCUT2D eigenvalue weighted by Gasteiger charge is 2.37. The van der Waals surface area contributed by atoms with Gasteiger partial charge in [-0.1, -0.05) is 15.9 Å². The lowest BCUT2D eigenvalue weighted by molar-refractivity contribution is 0.594. The molecule has 0 unspecified atom stereocenters. The maximum absolute atomic E-state index is 11.9. The highest BCUT2D eigenvalue weighted by atomic mass is 79.9. The normalized spacial score (nSPS) is 17.0. The molecule has 0 amide bonds. The number of benzene rings is 1. The molecule has 0 N–H and O–H groups in total. The van der Waals surface area contributed by atoms with Gasteiger partial charge in [-0.3, -0.25) is 0 Å². The molecule has 2 nitrogen and oxygen atoms in total. The second-order valence-corrected chi connectivity index (χ2v) is 6.77. The zero-order valence-corrected chi connectivity index (χ0v) is 10.2. The van der Waals surface area contributed by atoms with Crippen LogP contribution < -0.4 is 0 Å². The molecule has 0 radical (unpaired) electrons. The Morgan fingerprint density at radius 1 is 1.36 bits per heavy atom. The van der Waals surface area contributed by atoms with E-state index in [4.69, 9.17) is 0 Å². The van der Waals surface area contributed by atoms with Crippen LogP contribution in [0.15, 0.2) is 27.6 Å². The highest BCUT2D eigenvalue weighted by Crippen LogP contribution is 2.35. The molecule has 76 valence electrons. The van der Waals surface area contributed by atoms with Crippen LogP contribution in [0.2, 0.25) is 0 Å². The fraction of sp³-hybridized carbons (Fsp3) is 0.400. The molecule has 1 fully saturated rings. The molecule has 0 atom stereocenters. The van der Waals surface area contributed by atoms with Crippen LogP contribution in [-0.2, 0) is 9.84 Å². The van der Waals surface area contributed by atoms with E-state index in [0.717, 1.165) is 22.9 Å². The average Bonchev–Trinajstić information content (AvgIpc) is 2.84. The van der Waals surface area contributed by atoms with Crippen molar-refractivity contribution in [3.8, 4) is 0 Å².